The quantitative estimate of drug-likeness (QED) is 0.706. The van der Waals surface area contributed by atoms with E-state index in [0.29, 0.717) is 20.8 Å². The molecule has 126 valence electrons. The Morgan fingerprint density at radius 1 is 1.44 bits per heavy atom. The molecule has 3 heterocycles. The minimum Gasteiger partial charge on any atom is -0.272 e. The summed E-state index contributed by atoms with van der Waals surface area (Å²) in [6.07, 6.45) is 2.87. The average molecular weight is 371 g/mol. The van der Waals surface area contributed by atoms with Gasteiger partial charge in [-0.2, -0.15) is 5.26 Å². The van der Waals surface area contributed by atoms with Crippen LogP contribution in [-0.4, -0.2) is 26.3 Å². The number of aromatic nitrogens is 3. The number of fused-ring (bicyclic) bond motifs is 1. The Labute approximate surface area is 151 Å². The third-order valence-corrected chi connectivity index (χ3v) is 5.69. The minimum absolute atomic E-state index is 0.0256. The standard InChI is InChI=1S/C16H13N5O2S2/c1-9-10(2)25-15-13(9)16(23)21(8-19-15)20-12(22)7-24-14-11(6-17)4-3-5-18-14/h3-5,8H,7H2,1-2H3,(H,20,22). The highest BCUT2D eigenvalue weighted by atomic mass is 32.2. The van der Waals surface area contributed by atoms with Crippen LogP contribution in [0.1, 0.15) is 16.0 Å². The topological polar surface area (TPSA) is 101 Å². The monoisotopic (exact) mass is 371 g/mol. The number of thioether (sulfide) groups is 1. The van der Waals surface area contributed by atoms with Gasteiger partial charge < -0.3 is 0 Å². The van der Waals surface area contributed by atoms with E-state index >= 15 is 0 Å². The zero-order valence-corrected chi connectivity index (χ0v) is 15.1. The van der Waals surface area contributed by atoms with Crippen LogP contribution in [0.2, 0.25) is 0 Å². The molecule has 1 N–H and O–H groups in total. The van der Waals surface area contributed by atoms with Crippen LogP contribution in [0.3, 0.4) is 0 Å². The van der Waals surface area contributed by atoms with Gasteiger partial charge in [-0.1, -0.05) is 11.8 Å². The van der Waals surface area contributed by atoms with Crippen molar-refractivity contribution in [3.63, 3.8) is 0 Å². The number of nitriles is 1. The van der Waals surface area contributed by atoms with E-state index in [1.54, 1.807) is 18.3 Å². The number of thiophene rings is 1. The Morgan fingerprint density at radius 2 is 2.24 bits per heavy atom. The number of nitrogens with one attached hydrogen (secondary N) is 1. The van der Waals surface area contributed by atoms with Gasteiger partial charge in [-0.25, -0.2) is 14.6 Å². The van der Waals surface area contributed by atoms with Crippen molar-refractivity contribution in [2.24, 2.45) is 0 Å². The molecular formula is C16H13N5O2S2. The number of amides is 1. The van der Waals surface area contributed by atoms with E-state index in [4.69, 9.17) is 5.26 Å². The fraction of sp³-hybridized carbons (Fsp3) is 0.188. The molecule has 3 aromatic heterocycles. The first-order valence-electron chi connectivity index (χ1n) is 7.26. The molecule has 0 aliphatic carbocycles. The number of pyridine rings is 1. The Hall–Kier alpha value is -2.70. The maximum atomic E-state index is 12.5. The summed E-state index contributed by atoms with van der Waals surface area (Å²) in [5.74, 6) is -0.356. The predicted octanol–water partition coefficient (Wildman–Crippen LogP) is 2.20. The van der Waals surface area contributed by atoms with Crippen LogP contribution in [0.15, 0.2) is 34.5 Å². The maximum Gasteiger partial charge on any atom is 0.281 e. The number of carbonyl (C=O) groups excluding carboxylic acids is 1. The molecule has 7 nitrogen and oxygen atoms in total. The number of hydrogen-bond donors (Lipinski definition) is 1. The van der Waals surface area contributed by atoms with E-state index in [1.807, 2.05) is 19.9 Å². The van der Waals surface area contributed by atoms with Crippen LogP contribution in [0.4, 0.5) is 0 Å². The molecule has 0 radical (unpaired) electrons. The van der Waals surface area contributed by atoms with Gasteiger partial charge >= 0.3 is 0 Å². The van der Waals surface area contributed by atoms with Crippen LogP contribution in [0.25, 0.3) is 10.2 Å². The van der Waals surface area contributed by atoms with Crippen molar-refractivity contribution in [3.05, 3.63) is 51.0 Å². The summed E-state index contributed by atoms with van der Waals surface area (Å²) >= 11 is 2.59. The van der Waals surface area contributed by atoms with Gasteiger partial charge in [0.05, 0.1) is 16.7 Å². The first kappa shape index (κ1) is 17.1. The number of rotatable bonds is 4. The fourth-order valence-electron chi connectivity index (χ4n) is 2.21. The van der Waals surface area contributed by atoms with Crippen molar-refractivity contribution in [1.29, 1.82) is 5.26 Å². The van der Waals surface area contributed by atoms with Crippen molar-refractivity contribution in [3.8, 4) is 6.07 Å². The molecule has 0 fully saturated rings. The Balaban J connectivity index is 1.76. The highest BCUT2D eigenvalue weighted by molar-refractivity contribution is 8.00. The van der Waals surface area contributed by atoms with Gasteiger partial charge in [0.25, 0.3) is 5.56 Å². The normalized spacial score (nSPS) is 10.6. The molecule has 3 aromatic rings. The van der Waals surface area contributed by atoms with Gasteiger partial charge in [-0.15, -0.1) is 11.3 Å². The second-order valence-electron chi connectivity index (χ2n) is 5.17. The van der Waals surface area contributed by atoms with Gasteiger partial charge in [0.2, 0.25) is 5.91 Å². The van der Waals surface area contributed by atoms with Crippen LogP contribution in [-0.2, 0) is 4.79 Å². The number of nitrogens with zero attached hydrogens (tertiary/aromatic N) is 4. The maximum absolute atomic E-state index is 12.5. The van der Waals surface area contributed by atoms with Gasteiger partial charge in [0.15, 0.2) is 0 Å². The highest BCUT2D eigenvalue weighted by Gasteiger charge is 2.14. The molecule has 0 unspecified atom stereocenters. The van der Waals surface area contributed by atoms with Crippen molar-refractivity contribution in [2.75, 3.05) is 11.2 Å². The van der Waals surface area contributed by atoms with Crippen molar-refractivity contribution >= 4 is 39.2 Å². The molecule has 1 amide bonds. The minimum atomic E-state index is -0.382. The fourth-order valence-corrected chi connectivity index (χ4v) is 3.93. The molecule has 0 aromatic carbocycles. The smallest absolute Gasteiger partial charge is 0.272 e. The van der Waals surface area contributed by atoms with Crippen LogP contribution < -0.4 is 11.0 Å². The largest absolute Gasteiger partial charge is 0.281 e. The molecule has 0 aliphatic heterocycles. The summed E-state index contributed by atoms with van der Waals surface area (Å²) in [4.78, 5) is 34.7. The first-order chi connectivity index (χ1) is 12.0. The van der Waals surface area contributed by atoms with E-state index in [9.17, 15) is 9.59 Å². The lowest BCUT2D eigenvalue weighted by molar-refractivity contribution is -0.114. The molecule has 0 spiro atoms. The third-order valence-electron chi connectivity index (χ3n) is 3.57. The molecular weight excluding hydrogens is 358 g/mol. The van der Waals surface area contributed by atoms with Crippen molar-refractivity contribution in [2.45, 2.75) is 18.9 Å². The van der Waals surface area contributed by atoms with Crippen LogP contribution in [0.5, 0.6) is 0 Å². The zero-order valence-electron chi connectivity index (χ0n) is 13.4. The second-order valence-corrected chi connectivity index (χ2v) is 7.34. The summed E-state index contributed by atoms with van der Waals surface area (Å²) < 4.78 is 1.09. The summed E-state index contributed by atoms with van der Waals surface area (Å²) in [6, 6.07) is 5.32. The van der Waals surface area contributed by atoms with Crippen molar-refractivity contribution < 1.29 is 4.79 Å². The van der Waals surface area contributed by atoms with Gasteiger partial charge in [0.1, 0.15) is 22.3 Å². The molecule has 0 bridgehead atoms. The third kappa shape index (κ3) is 3.40. The lowest BCUT2D eigenvalue weighted by Gasteiger charge is -2.07. The second kappa shape index (κ2) is 7.04. The van der Waals surface area contributed by atoms with E-state index in [1.165, 1.54) is 17.7 Å². The van der Waals surface area contributed by atoms with E-state index in [-0.39, 0.29) is 17.2 Å². The zero-order chi connectivity index (χ0) is 18.0. The number of carbonyl (C=O) groups is 1. The lowest BCUT2D eigenvalue weighted by Crippen LogP contribution is -2.34. The van der Waals surface area contributed by atoms with Gasteiger partial charge in [-0.05, 0) is 31.5 Å². The summed E-state index contributed by atoms with van der Waals surface area (Å²) in [7, 11) is 0. The first-order valence-corrected chi connectivity index (χ1v) is 9.06. The number of aryl methyl sites for hydroxylation is 2. The van der Waals surface area contributed by atoms with Crippen LogP contribution in [0, 0.1) is 25.2 Å². The SMILES string of the molecule is Cc1sc2ncn(NC(=O)CSc3ncccc3C#N)c(=O)c2c1C. The summed E-state index contributed by atoms with van der Waals surface area (Å²) in [5, 5.41) is 10.0. The summed E-state index contributed by atoms with van der Waals surface area (Å²) in [5.41, 5.74) is 3.50. The number of hydrogen-bond acceptors (Lipinski definition) is 7. The average Bonchev–Trinajstić information content (AvgIpc) is 2.91. The molecule has 3 rings (SSSR count). The molecule has 0 saturated carbocycles. The van der Waals surface area contributed by atoms with E-state index < -0.39 is 0 Å². The Morgan fingerprint density at radius 3 is 3.00 bits per heavy atom. The molecule has 25 heavy (non-hydrogen) atoms. The van der Waals surface area contributed by atoms with E-state index in [2.05, 4.69) is 15.4 Å². The predicted molar refractivity (Wildman–Crippen MR) is 97.4 cm³/mol. The van der Waals surface area contributed by atoms with Gasteiger partial charge in [0, 0.05) is 11.1 Å². The van der Waals surface area contributed by atoms with E-state index in [0.717, 1.165) is 26.9 Å². The molecule has 9 heteroatoms. The van der Waals surface area contributed by atoms with Crippen molar-refractivity contribution in [1.82, 2.24) is 14.6 Å². The Kier molecular flexibility index (Phi) is 4.83. The Bertz CT molecular complexity index is 1060. The highest BCUT2D eigenvalue weighted by Crippen LogP contribution is 2.25. The summed E-state index contributed by atoms with van der Waals surface area (Å²) in [6.45, 7) is 3.80. The molecule has 0 saturated heterocycles. The molecule has 0 atom stereocenters. The van der Waals surface area contributed by atoms with Gasteiger partial charge in [-0.3, -0.25) is 15.0 Å². The van der Waals surface area contributed by atoms with Crippen LogP contribution >= 0.6 is 23.1 Å². The lowest BCUT2D eigenvalue weighted by atomic mass is 10.2. The molecule has 0 aliphatic rings.